The molecule has 58 heavy (non-hydrogen) atoms. The predicted octanol–water partition coefficient (Wildman–Crippen LogP) is 7.89. The molecule has 5 aliphatic rings. The van der Waals surface area contributed by atoms with E-state index in [-0.39, 0.29) is 17.6 Å². The SMILES string of the molecule is O=C1OC(c2ccccc2)C(c2ccccc2)N2C1C(C(=O)N1CCCCCCC1)C1(C(=O)Nc3ccc(C#CC4(O)CCCCCC4)cc31)C2c1ccc(O)cc1. The van der Waals surface area contributed by atoms with Crippen LogP contribution in [0.2, 0.25) is 0 Å². The molecule has 4 aromatic rings. The molecular weight excluding hydrogens is 727 g/mol. The number of phenols is 1. The lowest BCUT2D eigenvalue weighted by Gasteiger charge is -2.46. The van der Waals surface area contributed by atoms with E-state index in [4.69, 9.17) is 4.74 Å². The zero-order chi connectivity index (χ0) is 39.9. The van der Waals surface area contributed by atoms with Crippen molar-refractivity contribution in [3.63, 3.8) is 0 Å². The van der Waals surface area contributed by atoms with Gasteiger partial charge in [-0.15, -0.1) is 0 Å². The number of anilines is 1. The highest BCUT2D eigenvalue weighted by molar-refractivity contribution is 6.12. The largest absolute Gasteiger partial charge is 0.508 e. The van der Waals surface area contributed by atoms with E-state index < -0.39 is 47.1 Å². The maximum atomic E-state index is 15.7. The molecule has 0 aromatic heterocycles. The number of aromatic hydroxyl groups is 1. The lowest BCUT2D eigenvalue weighted by molar-refractivity contribution is -0.179. The summed E-state index contributed by atoms with van der Waals surface area (Å²) in [5.74, 6) is 4.21. The van der Waals surface area contributed by atoms with Gasteiger partial charge in [0, 0.05) is 24.3 Å². The van der Waals surface area contributed by atoms with E-state index in [9.17, 15) is 10.2 Å². The van der Waals surface area contributed by atoms with Gasteiger partial charge >= 0.3 is 5.97 Å². The molecule has 3 N–H and O–H groups in total. The number of amides is 2. The van der Waals surface area contributed by atoms with Crippen molar-refractivity contribution in [2.75, 3.05) is 18.4 Å². The number of hydrogen-bond donors (Lipinski definition) is 3. The molecule has 4 heterocycles. The average Bonchev–Trinajstić information content (AvgIpc) is 3.59. The summed E-state index contributed by atoms with van der Waals surface area (Å²) in [5.41, 5.74) is 1.39. The van der Waals surface area contributed by atoms with Gasteiger partial charge in [0.15, 0.2) is 0 Å². The summed E-state index contributed by atoms with van der Waals surface area (Å²) in [6, 6.07) is 29.3. The van der Waals surface area contributed by atoms with Crippen LogP contribution in [0.1, 0.15) is 117 Å². The molecule has 1 spiro atoms. The molecule has 6 unspecified atom stereocenters. The molecule has 0 bridgehead atoms. The number of rotatable bonds is 4. The normalized spacial score (nSPS) is 28.2. The lowest BCUT2D eigenvalue weighted by Crippen LogP contribution is -2.55. The van der Waals surface area contributed by atoms with E-state index in [2.05, 4.69) is 22.1 Å². The third-order valence-corrected chi connectivity index (χ3v) is 13.3. The van der Waals surface area contributed by atoms with Crippen molar-refractivity contribution in [2.24, 2.45) is 5.92 Å². The van der Waals surface area contributed by atoms with Gasteiger partial charge in [0.2, 0.25) is 11.8 Å². The molecule has 3 saturated heterocycles. The topological polar surface area (TPSA) is 119 Å². The number of hydrogen-bond acceptors (Lipinski definition) is 7. The van der Waals surface area contributed by atoms with Crippen LogP contribution in [0.25, 0.3) is 0 Å². The Morgan fingerprint density at radius 3 is 2.02 bits per heavy atom. The third kappa shape index (κ3) is 6.66. The maximum Gasteiger partial charge on any atom is 0.324 e. The Morgan fingerprint density at radius 1 is 0.724 bits per heavy atom. The summed E-state index contributed by atoms with van der Waals surface area (Å²) in [6.07, 6.45) is 9.17. The number of phenolic OH excluding ortho intramolecular Hbond substituents is 1. The molecule has 4 aromatic carbocycles. The summed E-state index contributed by atoms with van der Waals surface area (Å²) in [7, 11) is 0. The van der Waals surface area contributed by atoms with Crippen molar-refractivity contribution in [3.8, 4) is 17.6 Å². The minimum absolute atomic E-state index is 0.0608. The average molecular weight is 778 g/mol. The van der Waals surface area contributed by atoms with E-state index >= 15 is 14.4 Å². The Balaban J connectivity index is 1.30. The molecule has 4 aliphatic heterocycles. The Kier molecular flexibility index (Phi) is 10.3. The van der Waals surface area contributed by atoms with Gasteiger partial charge in [0.25, 0.3) is 0 Å². The van der Waals surface area contributed by atoms with Crippen molar-refractivity contribution in [1.29, 1.82) is 0 Å². The van der Waals surface area contributed by atoms with Crippen LogP contribution in [0.4, 0.5) is 5.69 Å². The second kappa shape index (κ2) is 15.7. The first kappa shape index (κ1) is 38.1. The number of esters is 1. The predicted molar refractivity (Wildman–Crippen MR) is 220 cm³/mol. The molecule has 1 aliphatic carbocycles. The van der Waals surface area contributed by atoms with E-state index in [1.807, 2.05) is 83.8 Å². The minimum Gasteiger partial charge on any atom is -0.508 e. The number of benzene rings is 4. The van der Waals surface area contributed by atoms with Gasteiger partial charge in [-0.05, 0) is 91.1 Å². The Morgan fingerprint density at radius 2 is 1.34 bits per heavy atom. The highest BCUT2D eigenvalue weighted by Crippen LogP contribution is 2.65. The number of fused-ring (bicyclic) bond motifs is 3. The fourth-order valence-electron chi connectivity index (χ4n) is 10.6. The number of carbonyl (C=O) groups is 3. The van der Waals surface area contributed by atoms with Gasteiger partial charge in [0.05, 0.1) is 18.0 Å². The molecule has 6 atom stereocenters. The highest BCUT2D eigenvalue weighted by atomic mass is 16.6. The number of carbonyl (C=O) groups excluding carboxylic acids is 3. The van der Waals surface area contributed by atoms with Gasteiger partial charge in [-0.2, -0.15) is 0 Å². The highest BCUT2D eigenvalue weighted by Gasteiger charge is 2.74. The first-order valence-electron chi connectivity index (χ1n) is 21.2. The Labute approximate surface area is 340 Å². The first-order valence-corrected chi connectivity index (χ1v) is 21.2. The summed E-state index contributed by atoms with van der Waals surface area (Å²) in [6.45, 7) is 1.06. The summed E-state index contributed by atoms with van der Waals surface area (Å²) >= 11 is 0. The van der Waals surface area contributed by atoms with Crippen LogP contribution in [-0.4, -0.2) is 62.5 Å². The van der Waals surface area contributed by atoms with Crippen LogP contribution in [0.3, 0.4) is 0 Å². The maximum absolute atomic E-state index is 15.7. The van der Waals surface area contributed by atoms with Gasteiger partial charge in [0.1, 0.15) is 28.9 Å². The smallest absolute Gasteiger partial charge is 0.324 e. The van der Waals surface area contributed by atoms with Crippen molar-refractivity contribution in [2.45, 2.75) is 106 Å². The molecule has 1 saturated carbocycles. The summed E-state index contributed by atoms with van der Waals surface area (Å²) < 4.78 is 6.57. The van der Waals surface area contributed by atoms with Crippen molar-refractivity contribution in [3.05, 3.63) is 131 Å². The number of aliphatic hydroxyl groups is 1. The number of morpholine rings is 1. The second-order valence-corrected chi connectivity index (χ2v) is 16.9. The second-order valence-electron chi connectivity index (χ2n) is 16.9. The van der Waals surface area contributed by atoms with E-state index in [1.54, 1.807) is 24.3 Å². The zero-order valence-electron chi connectivity index (χ0n) is 32.8. The first-order chi connectivity index (χ1) is 28.3. The number of nitrogens with zero attached hydrogens (tertiary/aromatic N) is 2. The molecule has 298 valence electrons. The third-order valence-electron chi connectivity index (χ3n) is 13.3. The standard InChI is InChI=1S/C49H51N3O6/c53-37-23-21-36(22-24-37)44-49(38-32-33(20-25-39(38)50-47(49)56)26-29-48(57)27-12-2-3-13-28-48)40(45(54)51-30-14-4-1-5-15-31-51)42-46(55)58-43(35-18-10-7-11-19-35)41(52(42)44)34-16-8-6-9-17-34/h6-11,16-25,32,40-44,53,57H,1-5,12-15,27-28,30-31H2,(H,50,56). The van der Waals surface area contributed by atoms with Crippen LogP contribution in [0.15, 0.2) is 103 Å². The molecule has 0 radical (unpaired) electrons. The van der Waals surface area contributed by atoms with Crippen LogP contribution >= 0.6 is 0 Å². The Bertz CT molecular complexity index is 2220. The number of ether oxygens (including phenoxy) is 1. The van der Waals surface area contributed by atoms with E-state index in [1.165, 1.54) is 0 Å². The van der Waals surface area contributed by atoms with Crippen LogP contribution in [-0.2, 0) is 24.5 Å². The lowest BCUT2D eigenvalue weighted by atomic mass is 9.65. The molecule has 9 rings (SSSR count). The minimum atomic E-state index is -1.62. The summed E-state index contributed by atoms with van der Waals surface area (Å²) in [4.78, 5) is 50.3. The fraction of sp³-hybridized carbons (Fsp3) is 0.408. The van der Waals surface area contributed by atoms with Gasteiger partial charge in [-0.1, -0.05) is 117 Å². The van der Waals surface area contributed by atoms with Crippen molar-refractivity contribution < 1.29 is 29.3 Å². The molecule has 9 heteroatoms. The summed E-state index contributed by atoms with van der Waals surface area (Å²) in [5, 5.41) is 25.3. The zero-order valence-corrected chi connectivity index (χ0v) is 32.8. The van der Waals surface area contributed by atoms with Crippen LogP contribution < -0.4 is 5.32 Å². The molecule has 9 nitrogen and oxygen atoms in total. The molecule has 2 amide bonds. The van der Waals surface area contributed by atoms with Gasteiger partial charge in [-0.3, -0.25) is 19.3 Å². The molecule has 4 fully saturated rings. The van der Waals surface area contributed by atoms with Gasteiger partial charge in [-0.25, -0.2) is 0 Å². The number of nitrogens with one attached hydrogen (secondary N) is 1. The van der Waals surface area contributed by atoms with Crippen molar-refractivity contribution >= 4 is 23.5 Å². The van der Waals surface area contributed by atoms with E-state index in [0.29, 0.717) is 48.3 Å². The number of likely N-dealkylation sites (tertiary alicyclic amines) is 1. The monoisotopic (exact) mass is 777 g/mol. The quantitative estimate of drug-likeness (QED) is 0.110. The van der Waals surface area contributed by atoms with Crippen molar-refractivity contribution in [1.82, 2.24) is 9.80 Å². The van der Waals surface area contributed by atoms with Crippen LogP contribution in [0.5, 0.6) is 5.75 Å². The van der Waals surface area contributed by atoms with E-state index in [0.717, 1.165) is 68.9 Å². The fourth-order valence-corrected chi connectivity index (χ4v) is 10.6. The number of cyclic esters (lactones) is 1. The van der Waals surface area contributed by atoms with Gasteiger partial charge < -0.3 is 25.2 Å². The molecular formula is C49H51N3O6. The Hall–Kier alpha value is -5.43. The van der Waals surface area contributed by atoms with Crippen LogP contribution in [0, 0.1) is 17.8 Å².